The number of carbonyl (C=O) groups excluding carboxylic acids is 1. The number of amides is 1. The van der Waals surface area contributed by atoms with Gasteiger partial charge in [-0.15, -0.1) is 23.4 Å². The minimum atomic E-state index is 0.167. The molecule has 2 rings (SSSR count). The molecule has 1 amide bonds. The second kappa shape index (κ2) is 6.36. The van der Waals surface area contributed by atoms with Gasteiger partial charge >= 0.3 is 0 Å². The SMILES string of the molecule is O=C(CCCl)N1CCSC(c2ccco2)CC1. The summed E-state index contributed by atoms with van der Waals surface area (Å²) in [7, 11) is 0. The highest BCUT2D eigenvalue weighted by molar-refractivity contribution is 7.99. The molecule has 1 aromatic rings. The van der Waals surface area contributed by atoms with E-state index in [9.17, 15) is 4.79 Å². The molecule has 1 aliphatic heterocycles. The summed E-state index contributed by atoms with van der Waals surface area (Å²) in [5, 5.41) is 0.374. The molecule has 94 valence electrons. The van der Waals surface area contributed by atoms with Crippen molar-refractivity contribution < 1.29 is 9.21 Å². The van der Waals surface area contributed by atoms with E-state index in [2.05, 4.69) is 0 Å². The molecular weight excluding hydrogens is 258 g/mol. The summed E-state index contributed by atoms with van der Waals surface area (Å²) in [6.45, 7) is 1.62. The standard InChI is InChI=1S/C12H16ClNO2S/c13-5-3-12(15)14-6-4-11(17-9-7-14)10-2-1-8-16-10/h1-2,8,11H,3-7,9H2. The van der Waals surface area contributed by atoms with Crippen LogP contribution >= 0.6 is 23.4 Å². The van der Waals surface area contributed by atoms with E-state index in [1.165, 1.54) is 0 Å². The molecule has 0 saturated carbocycles. The number of alkyl halides is 1. The van der Waals surface area contributed by atoms with Crippen LogP contribution in [0, 0.1) is 0 Å². The maximum Gasteiger partial charge on any atom is 0.223 e. The van der Waals surface area contributed by atoms with Crippen LogP contribution < -0.4 is 0 Å². The molecule has 0 aromatic carbocycles. The summed E-state index contributed by atoms with van der Waals surface area (Å²) in [6.07, 6.45) is 3.10. The number of furan rings is 1. The average Bonchev–Trinajstić information content (AvgIpc) is 2.74. The predicted octanol–water partition coefficient (Wildman–Crippen LogP) is 2.92. The minimum Gasteiger partial charge on any atom is -0.468 e. The highest BCUT2D eigenvalue weighted by Crippen LogP contribution is 2.34. The Hall–Kier alpha value is -0.610. The summed E-state index contributed by atoms with van der Waals surface area (Å²) in [5.74, 6) is 2.55. The van der Waals surface area contributed by atoms with Gasteiger partial charge in [-0.2, -0.15) is 0 Å². The van der Waals surface area contributed by atoms with Gasteiger partial charge in [-0.1, -0.05) is 0 Å². The number of hydrogen-bond acceptors (Lipinski definition) is 3. The number of halogens is 1. The van der Waals surface area contributed by atoms with Gasteiger partial charge in [0.05, 0.1) is 11.5 Å². The molecule has 1 atom stereocenters. The zero-order valence-electron chi connectivity index (χ0n) is 9.60. The Morgan fingerprint density at radius 1 is 1.59 bits per heavy atom. The van der Waals surface area contributed by atoms with Gasteiger partial charge in [-0.25, -0.2) is 0 Å². The van der Waals surface area contributed by atoms with Crippen molar-refractivity contribution in [1.82, 2.24) is 4.90 Å². The van der Waals surface area contributed by atoms with Gasteiger partial charge in [0.2, 0.25) is 5.91 Å². The maximum atomic E-state index is 11.8. The molecular formula is C12H16ClNO2S. The Morgan fingerprint density at radius 2 is 2.47 bits per heavy atom. The van der Waals surface area contributed by atoms with Gasteiger partial charge in [0.1, 0.15) is 5.76 Å². The van der Waals surface area contributed by atoms with Crippen LogP contribution in [0.25, 0.3) is 0 Å². The van der Waals surface area contributed by atoms with E-state index in [1.54, 1.807) is 6.26 Å². The maximum absolute atomic E-state index is 11.8. The number of carbonyl (C=O) groups is 1. The first-order valence-electron chi connectivity index (χ1n) is 5.80. The largest absolute Gasteiger partial charge is 0.468 e. The molecule has 3 nitrogen and oxygen atoms in total. The smallest absolute Gasteiger partial charge is 0.223 e. The number of thioether (sulfide) groups is 1. The number of hydrogen-bond donors (Lipinski definition) is 0. The van der Waals surface area contributed by atoms with Crippen molar-refractivity contribution in [3.8, 4) is 0 Å². The Balaban J connectivity index is 1.91. The first kappa shape index (κ1) is 12.8. The molecule has 1 aliphatic rings. The van der Waals surface area contributed by atoms with Crippen molar-refractivity contribution >= 4 is 29.3 Å². The van der Waals surface area contributed by atoms with Crippen LogP contribution in [0.1, 0.15) is 23.9 Å². The third-order valence-corrected chi connectivity index (χ3v) is 4.34. The average molecular weight is 274 g/mol. The molecule has 0 radical (unpaired) electrons. The molecule has 2 heterocycles. The summed E-state index contributed by atoms with van der Waals surface area (Å²) in [4.78, 5) is 13.7. The lowest BCUT2D eigenvalue weighted by atomic mass is 10.2. The Labute approximate surface area is 110 Å². The molecule has 1 unspecified atom stereocenters. The molecule has 0 bridgehead atoms. The van der Waals surface area contributed by atoms with Crippen LogP contribution in [0.15, 0.2) is 22.8 Å². The third-order valence-electron chi connectivity index (χ3n) is 2.86. The quantitative estimate of drug-likeness (QED) is 0.794. The normalized spacial score (nSPS) is 21.2. The van der Waals surface area contributed by atoms with Crippen molar-refractivity contribution in [3.63, 3.8) is 0 Å². The van der Waals surface area contributed by atoms with Crippen molar-refractivity contribution in [1.29, 1.82) is 0 Å². The Bertz CT molecular complexity index is 355. The number of rotatable bonds is 3. The molecule has 1 aromatic heterocycles. The van der Waals surface area contributed by atoms with Crippen LogP contribution in [0.4, 0.5) is 0 Å². The van der Waals surface area contributed by atoms with Gasteiger partial charge in [-0.05, 0) is 18.6 Å². The molecule has 5 heteroatoms. The van der Waals surface area contributed by atoms with E-state index in [0.717, 1.165) is 31.0 Å². The highest BCUT2D eigenvalue weighted by Gasteiger charge is 2.22. The lowest BCUT2D eigenvalue weighted by Crippen LogP contribution is -2.33. The first-order valence-corrected chi connectivity index (χ1v) is 7.38. The molecule has 17 heavy (non-hydrogen) atoms. The molecule has 0 aliphatic carbocycles. The second-order valence-electron chi connectivity index (χ2n) is 3.98. The van der Waals surface area contributed by atoms with Crippen molar-refractivity contribution in [2.45, 2.75) is 18.1 Å². The van der Waals surface area contributed by atoms with E-state index >= 15 is 0 Å². The van der Waals surface area contributed by atoms with E-state index in [4.69, 9.17) is 16.0 Å². The van der Waals surface area contributed by atoms with Crippen molar-refractivity contribution in [2.75, 3.05) is 24.7 Å². The lowest BCUT2D eigenvalue weighted by molar-refractivity contribution is -0.130. The summed E-state index contributed by atoms with van der Waals surface area (Å²) >= 11 is 7.46. The fraction of sp³-hybridized carbons (Fsp3) is 0.583. The third kappa shape index (κ3) is 3.42. The van der Waals surface area contributed by atoms with Crippen LogP contribution in [0.5, 0.6) is 0 Å². The van der Waals surface area contributed by atoms with Gasteiger partial charge in [0.15, 0.2) is 0 Å². The van der Waals surface area contributed by atoms with Gasteiger partial charge in [0.25, 0.3) is 0 Å². The molecule has 0 spiro atoms. The predicted molar refractivity (Wildman–Crippen MR) is 70.4 cm³/mol. The van der Waals surface area contributed by atoms with Crippen LogP contribution in [-0.4, -0.2) is 35.5 Å². The topological polar surface area (TPSA) is 33.5 Å². The van der Waals surface area contributed by atoms with Crippen LogP contribution in [-0.2, 0) is 4.79 Å². The Morgan fingerprint density at radius 3 is 3.18 bits per heavy atom. The first-order chi connectivity index (χ1) is 8.31. The van der Waals surface area contributed by atoms with E-state index in [0.29, 0.717) is 17.6 Å². The van der Waals surface area contributed by atoms with Crippen LogP contribution in [0.2, 0.25) is 0 Å². The van der Waals surface area contributed by atoms with Crippen molar-refractivity contribution in [2.24, 2.45) is 0 Å². The van der Waals surface area contributed by atoms with Gasteiger partial charge < -0.3 is 9.32 Å². The fourth-order valence-electron chi connectivity index (χ4n) is 1.96. The number of nitrogens with zero attached hydrogens (tertiary/aromatic N) is 1. The van der Waals surface area contributed by atoms with E-state index in [-0.39, 0.29) is 5.91 Å². The Kier molecular flexibility index (Phi) is 4.80. The summed E-state index contributed by atoms with van der Waals surface area (Å²) < 4.78 is 5.43. The van der Waals surface area contributed by atoms with Crippen molar-refractivity contribution in [3.05, 3.63) is 24.2 Å². The van der Waals surface area contributed by atoms with E-state index in [1.807, 2.05) is 28.8 Å². The summed E-state index contributed by atoms with van der Waals surface area (Å²) in [5.41, 5.74) is 0. The zero-order valence-corrected chi connectivity index (χ0v) is 11.2. The molecule has 1 fully saturated rings. The minimum absolute atomic E-state index is 0.167. The lowest BCUT2D eigenvalue weighted by Gasteiger charge is -2.19. The van der Waals surface area contributed by atoms with E-state index < -0.39 is 0 Å². The second-order valence-corrected chi connectivity index (χ2v) is 5.67. The van der Waals surface area contributed by atoms with Crippen LogP contribution in [0.3, 0.4) is 0 Å². The fourth-order valence-corrected chi connectivity index (χ4v) is 3.30. The van der Waals surface area contributed by atoms with Gasteiger partial charge in [0, 0.05) is 31.1 Å². The molecule has 0 N–H and O–H groups in total. The molecule has 1 saturated heterocycles. The van der Waals surface area contributed by atoms with Gasteiger partial charge in [-0.3, -0.25) is 4.79 Å². The monoisotopic (exact) mass is 273 g/mol. The summed E-state index contributed by atoms with van der Waals surface area (Å²) in [6, 6.07) is 3.92. The highest BCUT2D eigenvalue weighted by atomic mass is 35.5. The zero-order chi connectivity index (χ0) is 12.1.